The number of aliphatic hydroxyl groups excluding tert-OH is 1. The number of hydrogen-bond acceptors (Lipinski definition) is 5. The summed E-state index contributed by atoms with van der Waals surface area (Å²) in [5.41, 5.74) is 1.06. The van der Waals surface area contributed by atoms with Crippen LogP contribution in [0.1, 0.15) is 13.3 Å². The fourth-order valence-electron chi connectivity index (χ4n) is 2.62. The summed E-state index contributed by atoms with van der Waals surface area (Å²) in [7, 11) is -3.13. The van der Waals surface area contributed by atoms with Crippen LogP contribution in [0, 0.1) is 0 Å². The molecule has 2 rings (SSSR count). The van der Waals surface area contributed by atoms with Gasteiger partial charge in [-0.15, -0.1) is 0 Å². The van der Waals surface area contributed by atoms with E-state index in [1.165, 1.54) is 0 Å². The van der Waals surface area contributed by atoms with Gasteiger partial charge in [-0.3, -0.25) is 4.90 Å². The van der Waals surface area contributed by atoms with Crippen LogP contribution in [0.4, 0.5) is 5.69 Å². The molecule has 1 saturated heterocycles. The van der Waals surface area contributed by atoms with Gasteiger partial charge in [0.15, 0.2) is 9.84 Å². The molecule has 1 N–H and O–H groups in total. The number of benzene rings is 1. The van der Waals surface area contributed by atoms with Crippen LogP contribution < -0.4 is 4.90 Å². The molecular weight excluding hydrogens is 288 g/mol. The molecule has 1 heterocycles. The van der Waals surface area contributed by atoms with Gasteiger partial charge >= 0.3 is 0 Å². The Morgan fingerprint density at radius 3 is 2.24 bits per heavy atom. The van der Waals surface area contributed by atoms with Crippen LogP contribution in [0.5, 0.6) is 0 Å². The van der Waals surface area contributed by atoms with Crippen LogP contribution >= 0.6 is 0 Å². The third-order valence-electron chi connectivity index (χ3n) is 3.82. The predicted molar refractivity (Wildman–Crippen MR) is 84.5 cm³/mol. The van der Waals surface area contributed by atoms with Crippen molar-refractivity contribution < 1.29 is 13.5 Å². The minimum Gasteiger partial charge on any atom is -0.395 e. The van der Waals surface area contributed by atoms with Gasteiger partial charge in [0.2, 0.25) is 0 Å². The summed E-state index contributed by atoms with van der Waals surface area (Å²) in [4.78, 5) is 4.90. The molecule has 0 spiro atoms. The van der Waals surface area contributed by atoms with Crippen molar-refractivity contribution in [2.75, 3.05) is 50.0 Å². The zero-order chi connectivity index (χ0) is 15.3. The van der Waals surface area contributed by atoms with Crippen molar-refractivity contribution in [3.63, 3.8) is 0 Å². The lowest BCUT2D eigenvalue weighted by molar-refractivity contribution is 0.189. The van der Waals surface area contributed by atoms with Crippen LogP contribution in [0.2, 0.25) is 0 Å². The molecule has 6 heteroatoms. The van der Waals surface area contributed by atoms with E-state index in [-0.39, 0.29) is 12.4 Å². The van der Waals surface area contributed by atoms with Gasteiger partial charge in [-0.1, -0.05) is 6.92 Å². The van der Waals surface area contributed by atoms with Gasteiger partial charge < -0.3 is 10.0 Å². The van der Waals surface area contributed by atoms with Gasteiger partial charge in [0, 0.05) is 38.4 Å². The molecule has 0 radical (unpaired) electrons. The van der Waals surface area contributed by atoms with E-state index in [2.05, 4.69) is 9.80 Å². The summed E-state index contributed by atoms with van der Waals surface area (Å²) in [6.07, 6.45) is 0.636. The normalized spacial score (nSPS) is 17.1. The molecule has 0 unspecified atom stereocenters. The smallest absolute Gasteiger partial charge is 0.178 e. The maximum atomic E-state index is 12.0. The van der Waals surface area contributed by atoms with E-state index in [1.54, 1.807) is 12.1 Å². The average molecular weight is 312 g/mol. The third-order valence-corrected chi connectivity index (χ3v) is 5.76. The van der Waals surface area contributed by atoms with Crippen LogP contribution in [0.15, 0.2) is 29.2 Å². The van der Waals surface area contributed by atoms with E-state index in [4.69, 9.17) is 5.11 Å². The summed E-state index contributed by atoms with van der Waals surface area (Å²) in [5, 5.41) is 8.94. The first-order valence-electron chi connectivity index (χ1n) is 7.48. The van der Waals surface area contributed by atoms with Crippen molar-refractivity contribution >= 4 is 15.5 Å². The van der Waals surface area contributed by atoms with E-state index in [0.717, 1.165) is 38.4 Å². The molecule has 1 aliphatic heterocycles. The number of anilines is 1. The second-order valence-corrected chi connectivity index (χ2v) is 7.47. The van der Waals surface area contributed by atoms with Crippen molar-refractivity contribution in [2.45, 2.75) is 18.2 Å². The lowest BCUT2D eigenvalue weighted by Gasteiger charge is -2.35. The Balaban J connectivity index is 2.00. The number of aliphatic hydroxyl groups is 1. The number of rotatable bonds is 6. The van der Waals surface area contributed by atoms with E-state index in [9.17, 15) is 8.42 Å². The van der Waals surface area contributed by atoms with Gasteiger partial charge in [0.25, 0.3) is 0 Å². The minimum absolute atomic E-state index is 0.198. The van der Waals surface area contributed by atoms with Gasteiger partial charge in [0.05, 0.1) is 17.3 Å². The first-order chi connectivity index (χ1) is 10.1. The fraction of sp³-hybridized carbons (Fsp3) is 0.600. The first kappa shape index (κ1) is 16.3. The second kappa shape index (κ2) is 7.24. The summed E-state index contributed by atoms with van der Waals surface area (Å²) in [5.74, 6) is 0.201. The standard InChI is InChI=1S/C15H24N2O3S/c1-2-13-21(19,20)15-5-3-14(4-6-15)17-9-7-16(8-10-17)11-12-18/h3-6,18H,2,7-13H2,1H3. The maximum absolute atomic E-state index is 12.0. The highest BCUT2D eigenvalue weighted by molar-refractivity contribution is 7.91. The Morgan fingerprint density at radius 1 is 1.10 bits per heavy atom. The largest absolute Gasteiger partial charge is 0.395 e. The van der Waals surface area contributed by atoms with Crippen LogP contribution in [-0.2, 0) is 9.84 Å². The van der Waals surface area contributed by atoms with Crippen molar-refractivity contribution in [1.82, 2.24) is 4.90 Å². The highest BCUT2D eigenvalue weighted by Crippen LogP contribution is 2.20. The number of piperazine rings is 1. The minimum atomic E-state index is -3.13. The zero-order valence-electron chi connectivity index (χ0n) is 12.5. The van der Waals surface area contributed by atoms with Gasteiger partial charge in [-0.2, -0.15) is 0 Å². The second-order valence-electron chi connectivity index (χ2n) is 5.37. The Kier molecular flexibility index (Phi) is 5.61. The average Bonchev–Trinajstić information content (AvgIpc) is 2.48. The monoisotopic (exact) mass is 312 g/mol. The highest BCUT2D eigenvalue weighted by atomic mass is 32.2. The molecule has 0 bridgehead atoms. The quantitative estimate of drug-likeness (QED) is 0.848. The summed E-state index contributed by atoms with van der Waals surface area (Å²) >= 11 is 0. The third kappa shape index (κ3) is 4.18. The molecule has 1 aliphatic rings. The maximum Gasteiger partial charge on any atom is 0.178 e. The van der Waals surface area contributed by atoms with Crippen molar-refractivity contribution in [2.24, 2.45) is 0 Å². The zero-order valence-corrected chi connectivity index (χ0v) is 13.3. The summed E-state index contributed by atoms with van der Waals surface area (Å²) < 4.78 is 24.0. The van der Waals surface area contributed by atoms with Crippen molar-refractivity contribution in [1.29, 1.82) is 0 Å². The molecule has 0 atom stereocenters. The lowest BCUT2D eigenvalue weighted by atomic mass is 10.2. The molecule has 1 aromatic rings. The van der Waals surface area contributed by atoms with Crippen LogP contribution in [0.25, 0.3) is 0 Å². The Morgan fingerprint density at radius 2 is 1.71 bits per heavy atom. The van der Waals surface area contributed by atoms with E-state index in [0.29, 0.717) is 11.3 Å². The first-order valence-corrected chi connectivity index (χ1v) is 9.13. The summed E-state index contributed by atoms with van der Waals surface area (Å²) in [6, 6.07) is 7.20. The van der Waals surface area contributed by atoms with Crippen molar-refractivity contribution in [3.05, 3.63) is 24.3 Å². The molecule has 0 aliphatic carbocycles. The molecule has 0 saturated carbocycles. The highest BCUT2D eigenvalue weighted by Gasteiger charge is 2.18. The topological polar surface area (TPSA) is 60.9 Å². The van der Waals surface area contributed by atoms with Crippen molar-refractivity contribution in [3.8, 4) is 0 Å². The fourth-order valence-corrected chi connectivity index (χ4v) is 3.95. The predicted octanol–water partition coefficient (Wildman–Crippen LogP) is 0.985. The summed E-state index contributed by atoms with van der Waals surface area (Å²) in [6.45, 7) is 6.46. The number of nitrogens with zero attached hydrogens (tertiary/aromatic N) is 2. The van der Waals surface area contributed by atoms with E-state index in [1.807, 2.05) is 19.1 Å². The molecular formula is C15H24N2O3S. The Hall–Kier alpha value is -1.11. The Labute approximate surface area is 127 Å². The van der Waals surface area contributed by atoms with Gasteiger partial charge in [-0.05, 0) is 30.7 Å². The molecule has 1 aromatic carbocycles. The SMILES string of the molecule is CCCS(=O)(=O)c1ccc(N2CCN(CCO)CC2)cc1. The molecule has 1 fully saturated rings. The van der Waals surface area contributed by atoms with Crippen LogP contribution in [-0.4, -0.2) is 63.5 Å². The molecule has 21 heavy (non-hydrogen) atoms. The number of hydrogen-bond donors (Lipinski definition) is 1. The molecule has 118 valence electrons. The van der Waals surface area contributed by atoms with Crippen LogP contribution in [0.3, 0.4) is 0 Å². The lowest BCUT2D eigenvalue weighted by Crippen LogP contribution is -2.47. The Bertz CT molecular complexity index is 535. The van der Waals surface area contributed by atoms with E-state index >= 15 is 0 Å². The molecule has 0 amide bonds. The van der Waals surface area contributed by atoms with Gasteiger partial charge in [-0.25, -0.2) is 8.42 Å². The molecule has 0 aromatic heterocycles. The van der Waals surface area contributed by atoms with Gasteiger partial charge in [0.1, 0.15) is 0 Å². The van der Waals surface area contributed by atoms with E-state index < -0.39 is 9.84 Å². The number of β-amino-alcohol motifs (C(OH)–C–C–N with tert-alkyl or cyclic N) is 1. The number of sulfone groups is 1. The molecule has 5 nitrogen and oxygen atoms in total.